The van der Waals surface area contributed by atoms with Crippen LogP contribution in [0.2, 0.25) is 0 Å². The molecule has 0 aromatic carbocycles. The van der Waals surface area contributed by atoms with Crippen molar-refractivity contribution in [3.05, 3.63) is 11.3 Å². The van der Waals surface area contributed by atoms with Gasteiger partial charge >= 0.3 is 0 Å². The number of rotatable bonds is 0. The first-order valence-corrected chi connectivity index (χ1v) is 4.82. The molecule has 0 amide bonds. The van der Waals surface area contributed by atoms with E-state index in [0.717, 1.165) is 17.8 Å². The Bertz CT molecular complexity index is 229. The summed E-state index contributed by atoms with van der Waals surface area (Å²) in [7, 11) is 0. The van der Waals surface area contributed by atoms with Crippen molar-refractivity contribution in [3.8, 4) is 0 Å². The maximum absolute atomic E-state index is 6.02. The third kappa shape index (κ3) is 0.666. The van der Waals surface area contributed by atoms with Crippen LogP contribution in [0.15, 0.2) is 11.3 Å². The predicted molar refractivity (Wildman–Crippen MR) is 44.8 cm³/mol. The highest BCUT2D eigenvalue weighted by Gasteiger charge is 2.44. The average Bonchev–Trinajstić information content (AvgIpc) is 2.40. The van der Waals surface area contributed by atoms with Crippen LogP contribution in [-0.2, 0) is 0 Å². The summed E-state index contributed by atoms with van der Waals surface area (Å²) in [5, 5.41) is 0. The van der Waals surface area contributed by atoms with Crippen LogP contribution in [0.5, 0.6) is 0 Å². The molecule has 60 valence electrons. The third-order valence-corrected chi connectivity index (χ3v) is 3.95. The van der Waals surface area contributed by atoms with Gasteiger partial charge in [-0.05, 0) is 55.4 Å². The van der Waals surface area contributed by atoms with Crippen molar-refractivity contribution < 1.29 is 0 Å². The van der Waals surface area contributed by atoms with Crippen LogP contribution in [0.1, 0.15) is 32.1 Å². The summed E-state index contributed by atoms with van der Waals surface area (Å²) in [6, 6.07) is 0. The van der Waals surface area contributed by atoms with Gasteiger partial charge in [0.05, 0.1) is 0 Å². The Labute approximate surface area is 67.7 Å². The molecule has 0 heterocycles. The van der Waals surface area contributed by atoms with Crippen molar-refractivity contribution in [2.45, 2.75) is 32.1 Å². The topological polar surface area (TPSA) is 26.0 Å². The van der Waals surface area contributed by atoms with Gasteiger partial charge in [-0.2, -0.15) is 0 Å². The molecule has 0 aliphatic heterocycles. The molecule has 3 aliphatic rings. The van der Waals surface area contributed by atoms with E-state index in [1.165, 1.54) is 37.8 Å². The lowest BCUT2D eigenvalue weighted by Gasteiger charge is -2.21. The summed E-state index contributed by atoms with van der Waals surface area (Å²) in [5.74, 6) is 2.94. The van der Waals surface area contributed by atoms with Gasteiger partial charge in [0.25, 0.3) is 0 Å². The minimum atomic E-state index is 0.939. The Kier molecular flexibility index (Phi) is 1.01. The Morgan fingerprint density at radius 3 is 3.09 bits per heavy atom. The Balaban J connectivity index is 2.09. The highest BCUT2D eigenvalue weighted by Crippen LogP contribution is 2.55. The van der Waals surface area contributed by atoms with Gasteiger partial charge in [0.15, 0.2) is 0 Å². The van der Waals surface area contributed by atoms with E-state index in [1.54, 1.807) is 5.57 Å². The van der Waals surface area contributed by atoms with Gasteiger partial charge in [-0.25, -0.2) is 0 Å². The van der Waals surface area contributed by atoms with Crippen molar-refractivity contribution in [2.24, 2.45) is 23.5 Å². The van der Waals surface area contributed by atoms with Crippen molar-refractivity contribution in [2.75, 3.05) is 0 Å². The smallest absolute Gasteiger partial charge is 0.00781 e. The normalized spacial score (nSPS) is 47.1. The minimum absolute atomic E-state index is 0.939. The van der Waals surface area contributed by atoms with Crippen LogP contribution >= 0.6 is 0 Å². The highest BCUT2D eigenvalue weighted by atomic mass is 14.6. The quantitative estimate of drug-likeness (QED) is 0.560. The molecule has 3 unspecified atom stereocenters. The molecule has 2 fully saturated rings. The van der Waals surface area contributed by atoms with E-state index in [9.17, 15) is 0 Å². The van der Waals surface area contributed by atoms with Gasteiger partial charge in [0.2, 0.25) is 0 Å². The van der Waals surface area contributed by atoms with Crippen molar-refractivity contribution in [1.82, 2.24) is 0 Å². The largest absolute Gasteiger partial charge is 0.402 e. The van der Waals surface area contributed by atoms with Gasteiger partial charge in [-0.3, -0.25) is 0 Å². The maximum atomic E-state index is 6.02. The second-order valence-corrected chi connectivity index (χ2v) is 4.50. The molecular formula is C10H15N. The van der Waals surface area contributed by atoms with Gasteiger partial charge in [-0.15, -0.1) is 0 Å². The van der Waals surface area contributed by atoms with E-state index in [4.69, 9.17) is 5.73 Å². The molecule has 3 atom stereocenters. The molecule has 0 aromatic rings. The van der Waals surface area contributed by atoms with E-state index < -0.39 is 0 Å². The lowest BCUT2D eigenvalue weighted by molar-refractivity contribution is 0.473. The van der Waals surface area contributed by atoms with Gasteiger partial charge < -0.3 is 5.73 Å². The number of hydrogen-bond acceptors (Lipinski definition) is 1. The van der Waals surface area contributed by atoms with Crippen molar-refractivity contribution in [3.63, 3.8) is 0 Å². The van der Waals surface area contributed by atoms with Crippen molar-refractivity contribution in [1.29, 1.82) is 0 Å². The molecule has 2 N–H and O–H groups in total. The van der Waals surface area contributed by atoms with Crippen LogP contribution < -0.4 is 5.73 Å². The molecular weight excluding hydrogens is 134 g/mol. The predicted octanol–water partition coefficient (Wildman–Crippen LogP) is 2.04. The van der Waals surface area contributed by atoms with Gasteiger partial charge in [-0.1, -0.05) is 0 Å². The monoisotopic (exact) mass is 149 g/mol. The zero-order chi connectivity index (χ0) is 7.42. The lowest BCUT2D eigenvalue weighted by Crippen LogP contribution is -2.14. The van der Waals surface area contributed by atoms with E-state index in [-0.39, 0.29) is 0 Å². The number of allylic oxidation sites excluding steroid dienone is 2. The first-order chi connectivity index (χ1) is 5.34. The summed E-state index contributed by atoms with van der Waals surface area (Å²) >= 11 is 0. The molecule has 0 aromatic heterocycles. The number of hydrogen-bond donors (Lipinski definition) is 1. The SMILES string of the molecule is NC1=C2CCC3CC(C1)CC23. The molecule has 2 bridgehead atoms. The maximum Gasteiger partial charge on any atom is 0.00781 e. The summed E-state index contributed by atoms with van der Waals surface area (Å²) in [4.78, 5) is 0. The standard InChI is InChI=1S/C10H15N/c11-10-5-6-3-7-1-2-8(10)9(7)4-6/h6-7,9H,1-5,11H2. The second kappa shape index (κ2) is 1.82. The fraction of sp³-hybridized carbons (Fsp3) is 0.800. The summed E-state index contributed by atoms with van der Waals surface area (Å²) in [6.45, 7) is 0. The molecule has 3 aliphatic carbocycles. The molecule has 1 nitrogen and oxygen atoms in total. The zero-order valence-electron chi connectivity index (χ0n) is 6.84. The van der Waals surface area contributed by atoms with Crippen molar-refractivity contribution >= 4 is 0 Å². The molecule has 3 rings (SSSR count). The number of nitrogens with two attached hydrogens (primary N) is 1. The first-order valence-electron chi connectivity index (χ1n) is 4.82. The summed E-state index contributed by atoms with van der Waals surface area (Å²) < 4.78 is 0. The van der Waals surface area contributed by atoms with Crippen LogP contribution in [0.3, 0.4) is 0 Å². The van der Waals surface area contributed by atoms with Gasteiger partial charge in [0.1, 0.15) is 0 Å². The average molecular weight is 149 g/mol. The van der Waals surface area contributed by atoms with E-state index in [1.807, 2.05) is 0 Å². The first kappa shape index (κ1) is 6.10. The third-order valence-electron chi connectivity index (χ3n) is 3.95. The molecule has 0 spiro atoms. The van der Waals surface area contributed by atoms with Crippen LogP contribution in [0.4, 0.5) is 0 Å². The van der Waals surface area contributed by atoms with Gasteiger partial charge in [0, 0.05) is 5.70 Å². The molecule has 0 saturated heterocycles. The summed E-state index contributed by atoms with van der Waals surface area (Å²) in [6.07, 6.45) is 6.95. The minimum Gasteiger partial charge on any atom is -0.402 e. The summed E-state index contributed by atoms with van der Waals surface area (Å²) in [5.41, 5.74) is 8.94. The molecule has 11 heavy (non-hydrogen) atoms. The van der Waals surface area contributed by atoms with Crippen LogP contribution in [0, 0.1) is 17.8 Å². The zero-order valence-corrected chi connectivity index (χ0v) is 6.84. The van der Waals surface area contributed by atoms with E-state index in [2.05, 4.69) is 0 Å². The Morgan fingerprint density at radius 1 is 1.27 bits per heavy atom. The highest BCUT2D eigenvalue weighted by molar-refractivity contribution is 5.26. The molecule has 2 saturated carbocycles. The van der Waals surface area contributed by atoms with E-state index >= 15 is 0 Å². The lowest BCUT2D eigenvalue weighted by atomic mass is 9.87. The van der Waals surface area contributed by atoms with Crippen LogP contribution in [0.25, 0.3) is 0 Å². The molecule has 0 radical (unpaired) electrons. The fourth-order valence-electron chi connectivity index (χ4n) is 3.52. The van der Waals surface area contributed by atoms with E-state index in [0.29, 0.717) is 0 Å². The molecule has 1 heteroatoms. The Hall–Kier alpha value is -0.460. The fourth-order valence-corrected chi connectivity index (χ4v) is 3.52. The Morgan fingerprint density at radius 2 is 2.18 bits per heavy atom. The number of fused-ring (bicyclic) bond motifs is 1. The second-order valence-electron chi connectivity index (χ2n) is 4.50. The van der Waals surface area contributed by atoms with Crippen LogP contribution in [-0.4, -0.2) is 0 Å².